The van der Waals surface area contributed by atoms with Crippen LogP contribution in [0.15, 0.2) is 77.9 Å². The molecule has 5 aromatic rings. The lowest BCUT2D eigenvalue weighted by Gasteiger charge is -2.14. The number of furan rings is 1. The van der Waals surface area contributed by atoms with Gasteiger partial charge in [0.15, 0.2) is 23.9 Å². The topological polar surface area (TPSA) is 122 Å². The Kier molecular flexibility index (Phi) is 7.24. The second-order valence-electron chi connectivity index (χ2n) is 7.99. The van der Waals surface area contributed by atoms with Gasteiger partial charge in [-0.25, -0.2) is 4.98 Å². The number of carbonyl (C=O) groups is 1. The van der Waals surface area contributed by atoms with Crippen LogP contribution in [0.25, 0.3) is 33.5 Å². The van der Waals surface area contributed by atoms with Crippen LogP contribution in [0.4, 0.5) is 0 Å². The van der Waals surface area contributed by atoms with Gasteiger partial charge in [0.1, 0.15) is 10.6 Å². The third kappa shape index (κ3) is 4.92. The summed E-state index contributed by atoms with van der Waals surface area (Å²) in [7, 11) is 1.42. The third-order valence-corrected chi connectivity index (χ3v) is 7.44. The molecule has 1 amide bonds. The average molecular weight is 661 g/mol. The highest BCUT2D eigenvalue weighted by Gasteiger charge is 2.19. The SMILES string of the molecule is COc1cc(C=Nn2c(-c3cc4cc(Br)ccc4o3)nc3ccccc3c2=O)c(Br)c(Cl)c1OCC(N)=O. The monoisotopic (exact) mass is 658 g/mol. The molecule has 9 nitrogen and oxygen atoms in total. The summed E-state index contributed by atoms with van der Waals surface area (Å²) < 4.78 is 19.3. The minimum Gasteiger partial charge on any atom is -0.493 e. The van der Waals surface area contributed by atoms with Gasteiger partial charge in [-0.15, -0.1) is 0 Å². The van der Waals surface area contributed by atoms with Crippen LogP contribution in [-0.4, -0.2) is 35.5 Å². The molecule has 0 radical (unpaired) electrons. The first-order valence-electron chi connectivity index (χ1n) is 11.0. The van der Waals surface area contributed by atoms with Crippen molar-refractivity contribution >= 4 is 77.5 Å². The van der Waals surface area contributed by atoms with Crippen molar-refractivity contribution in [2.75, 3.05) is 13.7 Å². The molecule has 0 atom stereocenters. The molecule has 0 fully saturated rings. The maximum Gasteiger partial charge on any atom is 0.282 e. The van der Waals surface area contributed by atoms with Gasteiger partial charge in [0.25, 0.3) is 11.5 Å². The fourth-order valence-electron chi connectivity index (χ4n) is 3.76. The molecule has 0 saturated carbocycles. The lowest BCUT2D eigenvalue weighted by atomic mass is 10.2. The van der Waals surface area contributed by atoms with E-state index >= 15 is 0 Å². The largest absolute Gasteiger partial charge is 0.493 e. The molecule has 5 rings (SSSR count). The number of hydrogen-bond donors (Lipinski definition) is 1. The van der Waals surface area contributed by atoms with Crippen LogP contribution in [0.2, 0.25) is 5.02 Å². The number of ether oxygens (including phenoxy) is 2. The van der Waals surface area contributed by atoms with Gasteiger partial charge in [-0.2, -0.15) is 9.78 Å². The van der Waals surface area contributed by atoms with Crippen molar-refractivity contribution < 1.29 is 18.7 Å². The zero-order valence-electron chi connectivity index (χ0n) is 19.6. The molecule has 0 unspecified atom stereocenters. The maximum absolute atomic E-state index is 13.5. The minimum atomic E-state index is -0.668. The van der Waals surface area contributed by atoms with E-state index in [0.29, 0.717) is 32.3 Å². The van der Waals surface area contributed by atoms with Crippen molar-refractivity contribution in [1.29, 1.82) is 0 Å². The smallest absolute Gasteiger partial charge is 0.282 e. The first-order valence-corrected chi connectivity index (χ1v) is 13.0. The Morgan fingerprint density at radius 3 is 2.76 bits per heavy atom. The van der Waals surface area contributed by atoms with E-state index in [1.807, 2.05) is 18.2 Å². The average Bonchev–Trinajstić information content (AvgIpc) is 3.32. The van der Waals surface area contributed by atoms with Crippen molar-refractivity contribution in [1.82, 2.24) is 9.66 Å². The first-order chi connectivity index (χ1) is 18.3. The van der Waals surface area contributed by atoms with E-state index < -0.39 is 5.91 Å². The minimum absolute atomic E-state index is 0.135. The Bertz CT molecular complexity index is 1820. The van der Waals surface area contributed by atoms with Crippen LogP contribution in [-0.2, 0) is 4.79 Å². The maximum atomic E-state index is 13.5. The van der Waals surface area contributed by atoms with Gasteiger partial charge in [-0.1, -0.05) is 39.7 Å². The highest BCUT2D eigenvalue weighted by atomic mass is 79.9. The Balaban J connectivity index is 1.67. The number of fused-ring (bicyclic) bond motifs is 2. The summed E-state index contributed by atoms with van der Waals surface area (Å²) in [4.78, 5) is 29.4. The van der Waals surface area contributed by atoms with Crippen LogP contribution < -0.4 is 20.8 Å². The second-order valence-corrected chi connectivity index (χ2v) is 10.1. The summed E-state index contributed by atoms with van der Waals surface area (Å²) in [5.41, 5.74) is 6.39. The van der Waals surface area contributed by atoms with Crippen molar-refractivity contribution in [3.8, 4) is 23.1 Å². The first kappa shape index (κ1) is 26.0. The van der Waals surface area contributed by atoms with Gasteiger partial charge >= 0.3 is 0 Å². The molecule has 0 saturated heterocycles. The summed E-state index contributed by atoms with van der Waals surface area (Å²) in [6.45, 7) is -0.383. The van der Waals surface area contributed by atoms with E-state index in [2.05, 4.69) is 41.9 Å². The van der Waals surface area contributed by atoms with E-state index in [4.69, 9.17) is 31.2 Å². The third-order valence-electron chi connectivity index (χ3n) is 5.50. The van der Waals surface area contributed by atoms with Crippen molar-refractivity contribution in [3.05, 3.63) is 84.5 Å². The van der Waals surface area contributed by atoms with Crippen LogP contribution in [0.5, 0.6) is 11.5 Å². The number of rotatable bonds is 7. The quantitative estimate of drug-likeness (QED) is 0.222. The molecule has 2 aromatic heterocycles. The molecular weight excluding hydrogens is 644 g/mol. The fourth-order valence-corrected chi connectivity index (χ4v) is 4.80. The highest BCUT2D eigenvalue weighted by molar-refractivity contribution is 9.10. The predicted octanol–water partition coefficient (Wildman–Crippen LogP) is 5.74. The number of benzene rings is 3. The summed E-state index contributed by atoms with van der Waals surface area (Å²) in [6, 6.07) is 16.0. The molecule has 0 bridgehead atoms. The summed E-state index contributed by atoms with van der Waals surface area (Å²) >= 11 is 13.4. The molecule has 38 heavy (non-hydrogen) atoms. The van der Waals surface area contributed by atoms with E-state index in [0.717, 1.165) is 9.86 Å². The predicted molar refractivity (Wildman–Crippen MR) is 152 cm³/mol. The Morgan fingerprint density at radius 2 is 2.00 bits per heavy atom. The number of carbonyl (C=O) groups excluding carboxylic acids is 1. The zero-order valence-corrected chi connectivity index (χ0v) is 23.5. The molecule has 3 aromatic carbocycles. The van der Waals surface area contributed by atoms with Crippen LogP contribution in [0, 0.1) is 0 Å². The van der Waals surface area contributed by atoms with E-state index in [1.54, 1.807) is 36.4 Å². The summed E-state index contributed by atoms with van der Waals surface area (Å²) in [6.07, 6.45) is 1.43. The van der Waals surface area contributed by atoms with E-state index in [-0.39, 0.29) is 34.5 Å². The Labute approximate surface area is 237 Å². The molecular formula is C26H17Br2ClN4O5. The van der Waals surface area contributed by atoms with Gasteiger partial charge in [-0.05, 0) is 58.4 Å². The van der Waals surface area contributed by atoms with E-state index in [9.17, 15) is 9.59 Å². The molecule has 0 spiro atoms. The van der Waals surface area contributed by atoms with Crippen molar-refractivity contribution in [2.24, 2.45) is 10.8 Å². The lowest BCUT2D eigenvalue weighted by molar-refractivity contribution is -0.119. The Morgan fingerprint density at radius 1 is 1.21 bits per heavy atom. The van der Waals surface area contributed by atoms with Gasteiger partial charge in [-0.3, -0.25) is 9.59 Å². The normalized spacial score (nSPS) is 11.5. The van der Waals surface area contributed by atoms with E-state index in [1.165, 1.54) is 18.0 Å². The number of para-hydroxylation sites is 1. The summed E-state index contributed by atoms with van der Waals surface area (Å²) in [5.74, 6) is 0.290. The van der Waals surface area contributed by atoms with Gasteiger partial charge in [0, 0.05) is 19.9 Å². The number of nitrogens with two attached hydrogens (primary N) is 1. The van der Waals surface area contributed by atoms with Crippen LogP contribution in [0.3, 0.4) is 0 Å². The molecule has 2 heterocycles. The number of nitrogens with zero attached hydrogens (tertiary/aromatic N) is 3. The number of hydrogen-bond acceptors (Lipinski definition) is 7. The molecule has 0 aliphatic carbocycles. The number of amides is 1. The number of aromatic nitrogens is 2. The summed E-state index contributed by atoms with van der Waals surface area (Å²) in [5, 5.41) is 5.82. The van der Waals surface area contributed by atoms with Crippen molar-refractivity contribution in [2.45, 2.75) is 0 Å². The standard InChI is InChI=1S/C26H17Br2ClN4O5/c1-36-19-10-14(22(28)23(29)24(19)37-12-21(30)34)11-31-33-25(32-17-5-3-2-4-16(17)26(33)35)20-9-13-8-15(27)6-7-18(13)38-20/h2-11H,12H2,1H3,(H2,30,34). The van der Waals surface area contributed by atoms with Gasteiger partial charge in [0.05, 0.1) is 24.2 Å². The number of halogens is 3. The van der Waals surface area contributed by atoms with Crippen LogP contribution in [0.1, 0.15) is 5.56 Å². The van der Waals surface area contributed by atoms with Gasteiger partial charge < -0.3 is 19.6 Å². The number of methoxy groups -OCH3 is 1. The Hall–Kier alpha value is -3.67. The molecule has 192 valence electrons. The number of primary amides is 1. The molecule has 0 aliphatic heterocycles. The van der Waals surface area contributed by atoms with Crippen LogP contribution >= 0.6 is 43.5 Å². The molecule has 0 aliphatic rings. The molecule has 2 N–H and O–H groups in total. The highest BCUT2D eigenvalue weighted by Crippen LogP contribution is 2.42. The lowest BCUT2D eigenvalue weighted by Crippen LogP contribution is -2.20. The molecule has 12 heteroatoms. The second kappa shape index (κ2) is 10.6. The fraction of sp³-hybridized carbons (Fsp3) is 0.0769. The zero-order chi connectivity index (χ0) is 27.0. The van der Waals surface area contributed by atoms with Crippen molar-refractivity contribution in [3.63, 3.8) is 0 Å². The van der Waals surface area contributed by atoms with Gasteiger partial charge in [0.2, 0.25) is 5.82 Å².